The lowest BCUT2D eigenvalue weighted by Crippen LogP contribution is -1.99. The molecule has 0 amide bonds. The van der Waals surface area contributed by atoms with Gasteiger partial charge < -0.3 is 10.4 Å². The van der Waals surface area contributed by atoms with Crippen molar-refractivity contribution in [2.45, 2.75) is 6.54 Å². The zero-order valence-electron chi connectivity index (χ0n) is 8.81. The number of benzene rings is 1. The van der Waals surface area contributed by atoms with E-state index >= 15 is 0 Å². The lowest BCUT2D eigenvalue weighted by molar-refractivity contribution is 0.0697. The Morgan fingerprint density at radius 2 is 1.94 bits per heavy atom. The van der Waals surface area contributed by atoms with E-state index in [-0.39, 0.29) is 5.56 Å². The summed E-state index contributed by atoms with van der Waals surface area (Å²) in [5.74, 6) is -0.915. The van der Waals surface area contributed by atoms with Gasteiger partial charge in [-0.15, -0.1) is 11.3 Å². The maximum absolute atomic E-state index is 10.7. The van der Waals surface area contributed by atoms with E-state index in [1.165, 1.54) is 11.3 Å². The van der Waals surface area contributed by atoms with Crippen LogP contribution in [0.2, 0.25) is 4.34 Å². The lowest BCUT2D eigenvalue weighted by atomic mass is 10.2. The molecule has 2 aromatic rings. The van der Waals surface area contributed by atoms with Crippen molar-refractivity contribution in [1.82, 2.24) is 0 Å². The normalized spacial score (nSPS) is 10.2. The molecule has 0 saturated heterocycles. The van der Waals surface area contributed by atoms with Crippen LogP contribution in [0.3, 0.4) is 0 Å². The fraction of sp³-hybridized carbons (Fsp3) is 0.0833. The molecule has 0 fully saturated rings. The molecule has 0 unspecified atom stereocenters. The number of hydrogen-bond donors (Lipinski definition) is 2. The highest BCUT2D eigenvalue weighted by molar-refractivity contribution is 7.16. The van der Waals surface area contributed by atoms with Crippen molar-refractivity contribution in [3.8, 4) is 0 Å². The Labute approximate surface area is 108 Å². The van der Waals surface area contributed by atoms with Gasteiger partial charge in [-0.05, 0) is 36.4 Å². The van der Waals surface area contributed by atoms with Crippen molar-refractivity contribution in [3.63, 3.8) is 0 Å². The summed E-state index contributed by atoms with van der Waals surface area (Å²) >= 11 is 7.35. The summed E-state index contributed by atoms with van der Waals surface area (Å²) in [7, 11) is 0. The highest BCUT2D eigenvalue weighted by Crippen LogP contribution is 2.22. The number of carbonyl (C=O) groups is 1. The summed E-state index contributed by atoms with van der Waals surface area (Å²) < 4.78 is 0.767. The molecule has 0 spiro atoms. The zero-order valence-corrected chi connectivity index (χ0v) is 10.4. The predicted octanol–water partition coefficient (Wildman–Crippen LogP) is 3.71. The molecule has 0 aliphatic rings. The highest BCUT2D eigenvalue weighted by Gasteiger charge is 2.02. The number of carboxylic acids is 1. The molecule has 0 atom stereocenters. The van der Waals surface area contributed by atoms with Gasteiger partial charge in [0.25, 0.3) is 0 Å². The Morgan fingerprint density at radius 3 is 2.47 bits per heavy atom. The molecular weight excluding hydrogens is 258 g/mol. The molecule has 1 heterocycles. The summed E-state index contributed by atoms with van der Waals surface area (Å²) in [6.07, 6.45) is 0. The molecule has 17 heavy (non-hydrogen) atoms. The van der Waals surface area contributed by atoms with Crippen molar-refractivity contribution in [3.05, 3.63) is 51.2 Å². The minimum absolute atomic E-state index is 0.287. The van der Waals surface area contributed by atoms with Gasteiger partial charge in [0.05, 0.1) is 9.90 Å². The predicted molar refractivity (Wildman–Crippen MR) is 70.1 cm³/mol. The molecule has 0 saturated carbocycles. The van der Waals surface area contributed by atoms with Gasteiger partial charge in [0.15, 0.2) is 0 Å². The average molecular weight is 268 g/mol. The van der Waals surface area contributed by atoms with Crippen LogP contribution in [0.1, 0.15) is 15.2 Å². The molecule has 5 heteroatoms. The van der Waals surface area contributed by atoms with Crippen LogP contribution in [0.15, 0.2) is 36.4 Å². The summed E-state index contributed by atoms with van der Waals surface area (Å²) in [5.41, 5.74) is 1.18. The first-order valence-electron chi connectivity index (χ1n) is 4.96. The van der Waals surface area contributed by atoms with Gasteiger partial charge in [0.1, 0.15) is 0 Å². The molecule has 1 aromatic carbocycles. The number of thiophene rings is 1. The first kappa shape index (κ1) is 12.0. The van der Waals surface area contributed by atoms with Crippen LogP contribution in [0, 0.1) is 0 Å². The number of anilines is 1. The van der Waals surface area contributed by atoms with Crippen LogP contribution in [-0.2, 0) is 6.54 Å². The lowest BCUT2D eigenvalue weighted by Gasteiger charge is -2.04. The fourth-order valence-corrected chi connectivity index (χ4v) is 2.39. The topological polar surface area (TPSA) is 49.3 Å². The molecule has 3 nitrogen and oxygen atoms in total. The number of nitrogens with one attached hydrogen (secondary N) is 1. The Kier molecular flexibility index (Phi) is 3.66. The second kappa shape index (κ2) is 5.21. The second-order valence-electron chi connectivity index (χ2n) is 3.44. The number of halogens is 1. The van der Waals surface area contributed by atoms with Crippen LogP contribution < -0.4 is 5.32 Å². The van der Waals surface area contributed by atoms with Gasteiger partial charge in [-0.3, -0.25) is 0 Å². The minimum Gasteiger partial charge on any atom is -0.478 e. The number of hydrogen-bond acceptors (Lipinski definition) is 3. The van der Waals surface area contributed by atoms with Gasteiger partial charge in [0.2, 0.25) is 0 Å². The van der Waals surface area contributed by atoms with Crippen LogP contribution in [0.25, 0.3) is 0 Å². The highest BCUT2D eigenvalue weighted by atomic mass is 35.5. The average Bonchev–Trinajstić information content (AvgIpc) is 2.73. The summed E-state index contributed by atoms with van der Waals surface area (Å²) in [6, 6.07) is 10.5. The second-order valence-corrected chi connectivity index (χ2v) is 5.24. The molecule has 0 aliphatic carbocycles. The number of aromatic carboxylic acids is 1. The van der Waals surface area contributed by atoms with E-state index < -0.39 is 5.97 Å². The molecular formula is C12H10ClNO2S. The summed E-state index contributed by atoms with van der Waals surface area (Å²) in [4.78, 5) is 11.8. The van der Waals surface area contributed by atoms with Gasteiger partial charge in [-0.25, -0.2) is 4.79 Å². The van der Waals surface area contributed by atoms with Crippen LogP contribution >= 0.6 is 22.9 Å². The Morgan fingerprint density at radius 1 is 1.24 bits per heavy atom. The quantitative estimate of drug-likeness (QED) is 0.888. The SMILES string of the molecule is O=C(O)c1ccc(NCc2ccc(Cl)s2)cc1. The fourth-order valence-electron chi connectivity index (χ4n) is 1.37. The van der Waals surface area contributed by atoms with E-state index in [4.69, 9.17) is 16.7 Å². The Hall–Kier alpha value is -1.52. The van der Waals surface area contributed by atoms with Crippen molar-refractivity contribution >= 4 is 34.6 Å². The van der Waals surface area contributed by atoms with E-state index in [0.29, 0.717) is 6.54 Å². The number of rotatable bonds is 4. The molecule has 1 aromatic heterocycles. The molecule has 2 N–H and O–H groups in total. The largest absolute Gasteiger partial charge is 0.478 e. The molecule has 0 radical (unpaired) electrons. The van der Waals surface area contributed by atoms with Crippen LogP contribution in [0.5, 0.6) is 0 Å². The van der Waals surface area contributed by atoms with E-state index in [2.05, 4.69) is 5.32 Å². The van der Waals surface area contributed by atoms with Gasteiger partial charge >= 0.3 is 5.97 Å². The van der Waals surface area contributed by atoms with Crippen molar-refractivity contribution in [2.24, 2.45) is 0 Å². The van der Waals surface area contributed by atoms with Gasteiger partial charge in [0, 0.05) is 17.1 Å². The standard InChI is InChI=1S/C12H10ClNO2S/c13-11-6-5-10(17-11)7-14-9-3-1-8(2-4-9)12(15)16/h1-6,14H,7H2,(H,15,16). The van der Waals surface area contributed by atoms with E-state index in [1.807, 2.05) is 12.1 Å². The number of carboxylic acid groups (broad SMARTS) is 1. The van der Waals surface area contributed by atoms with E-state index in [1.54, 1.807) is 24.3 Å². The zero-order chi connectivity index (χ0) is 12.3. The molecule has 0 bridgehead atoms. The van der Waals surface area contributed by atoms with Crippen molar-refractivity contribution in [2.75, 3.05) is 5.32 Å². The smallest absolute Gasteiger partial charge is 0.335 e. The molecule has 0 aliphatic heterocycles. The third kappa shape index (κ3) is 3.22. The monoisotopic (exact) mass is 267 g/mol. The van der Waals surface area contributed by atoms with Crippen LogP contribution in [0.4, 0.5) is 5.69 Å². The van der Waals surface area contributed by atoms with E-state index in [9.17, 15) is 4.79 Å². The van der Waals surface area contributed by atoms with Crippen LogP contribution in [-0.4, -0.2) is 11.1 Å². The first-order chi connectivity index (χ1) is 8.15. The van der Waals surface area contributed by atoms with Gasteiger partial charge in [-0.1, -0.05) is 11.6 Å². The maximum Gasteiger partial charge on any atom is 0.335 e. The molecule has 2 rings (SSSR count). The first-order valence-corrected chi connectivity index (χ1v) is 6.16. The summed E-state index contributed by atoms with van der Waals surface area (Å²) in [5, 5.41) is 12.0. The summed E-state index contributed by atoms with van der Waals surface area (Å²) in [6.45, 7) is 0.684. The van der Waals surface area contributed by atoms with E-state index in [0.717, 1.165) is 14.9 Å². The minimum atomic E-state index is -0.915. The third-order valence-corrected chi connectivity index (χ3v) is 3.46. The Balaban J connectivity index is 1.97. The van der Waals surface area contributed by atoms with Gasteiger partial charge in [-0.2, -0.15) is 0 Å². The van der Waals surface area contributed by atoms with Crippen molar-refractivity contribution in [1.29, 1.82) is 0 Å². The Bertz CT molecular complexity index is 522. The maximum atomic E-state index is 10.7. The van der Waals surface area contributed by atoms with Crippen molar-refractivity contribution < 1.29 is 9.90 Å². The molecule has 88 valence electrons. The third-order valence-electron chi connectivity index (χ3n) is 2.23.